The summed E-state index contributed by atoms with van der Waals surface area (Å²) in [6.07, 6.45) is 6.29. The van der Waals surface area contributed by atoms with E-state index in [1.807, 2.05) is 12.1 Å². The lowest BCUT2D eigenvalue weighted by molar-refractivity contribution is 0.102. The Labute approximate surface area is 159 Å². The highest BCUT2D eigenvalue weighted by atomic mass is 16.3. The van der Waals surface area contributed by atoms with Crippen molar-refractivity contribution in [2.24, 2.45) is 0 Å². The van der Waals surface area contributed by atoms with Crippen LogP contribution in [0.4, 0.5) is 5.69 Å². The van der Waals surface area contributed by atoms with Crippen molar-refractivity contribution in [1.29, 1.82) is 0 Å². The third-order valence-electron chi connectivity index (χ3n) is 4.36. The minimum atomic E-state index is -0.430. The second kappa shape index (κ2) is 6.99. The topological polar surface area (TPSA) is 106 Å². The van der Waals surface area contributed by atoms with E-state index < -0.39 is 5.91 Å². The minimum Gasteiger partial charge on any atom is -0.442 e. The normalized spacial score (nSPS) is 10.9. The number of H-pyrrole nitrogens is 1. The van der Waals surface area contributed by atoms with Gasteiger partial charge >= 0.3 is 0 Å². The fourth-order valence-electron chi connectivity index (χ4n) is 3.02. The van der Waals surface area contributed by atoms with Crippen molar-refractivity contribution in [3.63, 3.8) is 0 Å². The summed E-state index contributed by atoms with van der Waals surface area (Å²) in [6.45, 7) is 5.55. The third-order valence-corrected chi connectivity index (χ3v) is 4.36. The summed E-state index contributed by atoms with van der Waals surface area (Å²) in [5, 5.41) is 2.97. The average molecular weight is 375 g/mol. The Kier molecular flexibility index (Phi) is 4.36. The molecule has 1 aromatic carbocycles. The van der Waals surface area contributed by atoms with Crippen molar-refractivity contribution < 1.29 is 9.21 Å². The van der Waals surface area contributed by atoms with Crippen LogP contribution in [-0.2, 0) is 6.54 Å². The Morgan fingerprint density at radius 1 is 1.36 bits per heavy atom. The van der Waals surface area contributed by atoms with Crippen LogP contribution in [-0.4, -0.2) is 25.4 Å². The molecule has 0 saturated heterocycles. The molecule has 2 N–H and O–H groups in total. The Balaban J connectivity index is 1.67. The summed E-state index contributed by atoms with van der Waals surface area (Å²) in [7, 11) is 0. The van der Waals surface area contributed by atoms with Crippen molar-refractivity contribution in [1.82, 2.24) is 19.5 Å². The van der Waals surface area contributed by atoms with Gasteiger partial charge in [0.1, 0.15) is 17.5 Å². The van der Waals surface area contributed by atoms with Crippen LogP contribution in [0, 0.1) is 6.92 Å². The maximum atomic E-state index is 12.9. The molecule has 3 aromatic heterocycles. The number of rotatable bonds is 5. The molecule has 8 nitrogen and oxygen atoms in total. The molecule has 1 amide bonds. The van der Waals surface area contributed by atoms with Crippen molar-refractivity contribution in [2.45, 2.75) is 13.5 Å². The molecular weight excluding hydrogens is 358 g/mol. The predicted molar refractivity (Wildman–Crippen MR) is 105 cm³/mol. The van der Waals surface area contributed by atoms with E-state index in [9.17, 15) is 9.59 Å². The van der Waals surface area contributed by atoms with E-state index in [2.05, 4.69) is 26.8 Å². The maximum Gasteiger partial charge on any atom is 0.265 e. The van der Waals surface area contributed by atoms with Crippen LogP contribution >= 0.6 is 0 Å². The summed E-state index contributed by atoms with van der Waals surface area (Å²) in [6, 6.07) is 7.28. The fourth-order valence-corrected chi connectivity index (χ4v) is 3.02. The van der Waals surface area contributed by atoms with E-state index in [0.29, 0.717) is 18.0 Å². The van der Waals surface area contributed by atoms with E-state index >= 15 is 0 Å². The Hall–Kier alpha value is -3.94. The van der Waals surface area contributed by atoms with Crippen molar-refractivity contribution >= 4 is 22.7 Å². The quantitative estimate of drug-likeness (QED) is 0.521. The molecule has 28 heavy (non-hydrogen) atoms. The molecule has 0 radical (unpaired) electrons. The van der Waals surface area contributed by atoms with Gasteiger partial charge in [-0.3, -0.25) is 14.2 Å². The molecule has 0 unspecified atom stereocenters. The van der Waals surface area contributed by atoms with E-state index in [1.165, 1.54) is 10.9 Å². The lowest BCUT2D eigenvalue weighted by atomic mass is 10.1. The number of hydrogen-bond donors (Lipinski definition) is 2. The van der Waals surface area contributed by atoms with Gasteiger partial charge in [0.2, 0.25) is 5.71 Å². The van der Waals surface area contributed by atoms with E-state index in [1.54, 1.807) is 37.7 Å². The van der Waals surface area contributed by atoms with Crippen LogP contribution in [0.1, 0.15) is 16.1 Å². The Morgan fingerprint density at radius 2 is 2.14 bits per heavy atom. The zero-order chi connectivity index (χ0) is 19.7. The number of aryl methyl sites for hydroxylation is 1. The molecule has 3 heterocycles. The van der Waals surface area contributed by atoms with Crippen molar-refractivity contribution in [2.75, 3.05) is 5.32 Å². The van der Waals surface area contributed by atoms with Gasteiger partial charge in [-0.2, -0.15) is 0 Å². The molecule has 0 fully saturated rings. The first-order valence-electron chi connectivity index (χ1n) is 8.58. The number of imidazole rings is 1. The third kappa shape index (κ3) is 3.01. The monoisotopic (exact) mass is 375 g/mol. The lowest BCUT2D eigenvalue weighted by Gasteiger charge is -2.06. The Bertz CT molecular complexity index is 1220. The molecule has 0 saturated carbocycles. The number of fused-ring (bicyclic) bond motifs is 1. The van der Waals surface area contributed by atoms with Gasteiger partial charge in [-0.05, 0) is 24.6 Å². The first-order chi connectivity index (χ1) is 13.6. The molecule has 0 aliphatic heterocycles. The standard InChI is InChI=1S/C20H17N5O3/c1-3-8-25-11-23-19-17(20(25)27)16(12(2)28-19)18(26)24-14-6-4-13(5-7-14)15-9-21-10-22-15/h3-7,9-11H,1,8H2,2H3,(H,21,22)(H,24,26). The lowest BCUT2D eigenvalue weighted by Crippen LogP contribution is -2.22. The first-order valence-corrected chi connectivity index (χ1v) is 8.58. The predicted octanol–water partition coefficient (Wildman–Crippen LogP) is 3.13. The molecule has 4 rings (SSSR count). The van der Waals surface area contributed by atoms with Crippen LogP contribution in [0.2, 0.25) is 0 Å². The average Bonchev–Trinajstić information content (AvgIpc) is 3.32. The number of carbonyl (C=O) groups excluding carboxylic acids is 1. The van der Waals surface area contributed by atoms with Crippen molar-refractivity contribution in [3.05, 3.63) is 77.4 Å². The molecule has 4 aromatic rings. The molecular formula is C20H17N5O3. The summed E-state index contributed by atoms with van der Waals surface area (Å²) < 4.78 is 6.89. The van der Waals surface area contributed by atoms with Gasteiger partial charge < -0.3 is 14.7 Å². The van der Waals surface area contributed by atoms with Gasteiger partial charge in [-0.25, -0.2) is 9.97 Å². The second-order valence-corrected chi connectivity index (χ2v) is 6.20. The summed E-state index contributed by atoms with van der Waals surface area (Å²) >= 11 is 0. The number of nitrogens with one attached hydrogen (secondary N) is 2. The highest BCUT2D eigenvalue weighted by Gasteiger charge is 2.22. The molecule has 0 bridgehead atoms. The van der Waals surface area contributed by atoms with Gasteiger partial charge in [0.15, 0.2) is 0 Å². The number of anilines is 1. The van der Waals surface area contributed by atoms with Gasteiger partial charge in [-0.15, -0.1) is 6.58 Å². The SMILES string of the molecule is C=CCn1cnc2oc(C)c(C(=O)Nc3ccc(-c4cnc[nH]4)cc3)c2c1=O. The second-order valence-electron chi connectivity index (χ2n) is 6.20. The number of nitrogens with zero attached hydrogens (tertiary/aromatic N) is 3. The van der Waals surface area contributed by atoms with E-state index in [0.717, 1.165) is 11.3 Å². The number of amides is 1. The highest BCUT2D eigenvalue weighted by Crippen LogP contribution is 2.23. The van der Waals surface area contributed by atoms with Crippen LogP contribution in [0.25, 0.3) is 22.4 Å². The molecule has 0 spiro atoms. The first kappa shape index (κ1) is 17.5. The highest BCUT2D eigenvalue weighted by molar-refractivity contribution is 6.12. The van der Waals surface area contributed by atoms with Crippen molar-refractivity contribution in [3.8, 4) is 11.3 Å². The number of aromatic nitrogens is 4. The zero-order valence-corrected chi connectivity index (χ0v) is 15.1. The van der Waals surface area contributed by atoms with Crippen LogP contribution in [0.3, 0.4) is 0 Å². The number of allylic oxidation sites excluding steroid dienone is 1. The van der Waals surface area contributed by atoms with E-state index in [4.69, 9.17) is 4.42 Å². The van der Waals surface area contributed by atoms with Gasteiger partial charge in [-0.1, -0.05) is 18.2 Å². The Morgan fingerprint density at radius 3 is 2.82 bits per heavy atom. The number of furan rings is 1. The largest absolute Gasteiger partial charge is 0.442 e. The number of hydrogen-bond acceptors (Lipinski definition) is 5. The summed E-state index contributed by atoms with van der Waals surface area (Å²) in [5.74, 6) is -0.0941. The van der Waals surface area contributed by atoms with Gasteiger partial charge in [0.05, 0.1) is 23.8 Å². The molecule has 0 aliphatic rings. The van der Waals surface area contributed by atoms with Crippen LogP contribution in [0.5, 0.6) is 0 Å². The summed E-state index contributed by atoms with van der Waals surface area (Å²) in [5.41, 5.74) is 2.39. The molecule has 8 heteroatoms. The fraction of sp³-hybridized carbons (Fsp3) is 0.100. The number of aromatic amines is 1. The minimum absolute atomic E-state index is 0.141. The smallest absolute Gasteiger partial charge is 0.265 e. The number of carbonyl (C=O) groups is 1. The number of benzene rings is 1. The van der Waals surface area contributed by atoms with Gasteiger partial charge in [0, 0.05) is 12.2 Å². The van der Waals surface area contributed by atoms with E-state index in [-0.39, 0.29) is 22.2 Å². The van der Waals surface area contributed by atoms with Gasteiger partial charge in [0.25, 0.3) is 11.5 Å². The van der Waals surface area contributed by atoms with Crippen LogP contribution in [0.15, 0.2) is 65.0 Å². The molecule has 140 valence electrons. The summed E-state index contributed by atoms with van der Waals surface area (Å²) in [4.78, 5) is 36.7. The molecule has 0 atom stereocenters. The zero-order valence-electron chi connectivity index (χ0n) is 15.1. The van der Waals surface area contributed by atoms with Crippen LogP contribution < -0.4 is 10.9 Å². The maximum absolute atomic E-state index is 12.9. The molecule has 0 aliphatic carbocycles.